The Morgan fingerprint density at radius 2 is 1.88 bits per heavy atom. The van der Waals surface area contributed by atoms with E-state index in [4.69, 9.17) is 9.47 Å². The molecule has 6 heteroatoms. The molecule has 0 aromatic heterocycles. The molecule has 0 fully saturated rings. The molecule has 0 aliphatic carbocycles. The van der Waals surface area contributed by atoms with Crippen molar-refractivity contribution in [3.8, 4) is 11.5 Å². The molecule has 6 nitrogen and oxygen atoms in total. The van der Waals surface area contributed by atoms with Crippen LogP contribution in [-0.2, 0) is 16.0 Å². The first kappa shape index (κ1) is 19.2. The minimum atomic E-state index is -0.630. The lowest BCUT2D eigenvalue weighted by atomic mass is 10.0. The lowest BCUT2D eigenvalue weighted by Crippen LogP contribution is -2.43. The zero-order chi connectivity index (χ0) is 18.9. The third kappa shape index (κ3) is 5.44. The van der Waals surface area contributed by atoms with Gasteiger partial charge in [-0.2, -0.15) is 0 Å². The first-order valence-electron chi connectivity index (χ1n) is 8.13. The van der Waals surface area contributed by atoms with Crippen molar-refractivity contribution in [2.75, 3.05) is 13.7 Å². The van der Waals surface area contributed by atoms with Gasteiger partial charge < -0.3 is 14.8 Å². The number of ketones is 1. The Labute approximate surface area is 152 Å². The molecule has 1 amide bonds. The fourth-order valence-electron chi connectivity index (χ4n) is 2.40. The number of hydrogen-bond donors (Lipinski definition) is 1. The van der Waals surface area contributed by atoms with Gasteiger partial charge in [0.25, 0.3) is 5.91 Å². The highest BCUT2D eigenvalue weighted by Crippen LogP contribution is 2.22. The number of aldehydes is 1. The van der Waals surface area contributed by atoms with Crippen molar-refractivity contribution >= 4 is 18.0 Å². The molecule has 136 valence electrons. The summed E-state index contributed by atoms with van der Waals surface area (Å²) in [6, 6.07) is 13.5. The molecule has 2 aromatic rings. The van der Waals surface area contributed by atoms with E-state index in [1.807, 2.05) is 30.3 Å². The highest BCUT2D eigenvalue weighted by Gasteiger charge is 2.18. The van der Waals surface area contributed by atoms with Gasteiger partial charge in [-0.05, 0) is 37.1 Å². The lowest BCUT2D eigenvalue weighted by molar-refractivity contribution is -0.128. The second kappa shape index (κ2) is 9.36. The highest BCUT2D eigenvalue weighted by molar-refractivity contribution is 5.88. The van der Waals surface area contributed by atoms with Crippen LogP contribution < -0.4 is 14.8 Å². The van der Waals surface area contributed by atoms with Crippen LogP contribution in [0.15, 0.2) is 48.5 Å². The van der Waals surface area contributed by atoms with Gasteiger partial charge in [0.1, 0.15) is 11.5 Å². The summed E-state index contributed by atoms with van der Waals surface area (Å²) in [4.78, 5) is 35.1. The lowest BCUT2D eigenvalue weighted by Gasteiger charge is -2.16. The van der Waals surface area contributed by atoms with Crippen LogP contribution in [0.25, 0.3) is 0 Å². The number of methoxy groups -OCH3 is 1. The molecule has 0 heterocycles. The monoisotopic (exact) mass is 355 g/mol. The standard InChI is InChI=1S/C20H21NO5/c1-14(23)18(10-15-6-4-3-5-7-15)21-20(24)13-26-19-9-8-17(25-2)11-16(19)12-22/h3-9,11-12,18H,10,13H2,1-2H3,(H,21,24)/t18-/m0/s1. The summed E-state index contributed by atoms with van der Waals surface area (Å²) in [7, 11) is 1.49. The average molecular weight is 355 g/mol. The van der Waals surface area contributed by atoms with Gasteiger partial charge in [0.15, 0.2) is 18.7 Å². The van der Waals surface area contributed by atoms with Crippen molar-refractivity contribution in [3.63, 3.8) is 0 Å². The van der Waals surface area contributed by atoms with Crippen LogP contribution in [0.2, 0.25) is 0 Å². The van der Waals surface area contributed by atoms with Gasteiger partial charge in [0.05, 0.1) is 18.7 Å². The van der Waals surface area contributed by atoms with E-state index in [1.54, 1.807) is 12.1 Å². The third-order valence-electron chi connectivity index (χ3n) is 3.81. The molecule has 0 saturated heterocycles. The maximum atomic E-state index is 12.1. The van der Waals surface area contributed by atoms with Crippen LogP contribution in [-0.4, -0.2) is 37.7 Å². The Balaban J connectivity index is 1.96. The maximum Gasteiger partial charge on any atom is 0.258 e. The molecule has 1 N–H and O–H groups in total. The van der Waals surface area contributed by atoms with E-state index in [0.29, 0.717) is 18.5 Å². The molecular formula is C20H21NO5. The fourth-order valence-corrected chi connectivity index (χ4v) is 2.40. The van der Waals surface area contributed by atoms with Crippen LogP contribution in [0.3, 0.4) is 0 Å². The Hall–Kier alpha value is -3.15. The topological polar surface area (TPSA) is 81.7 Å². The van der Waals surface area contributed by atoms with Crippen LogP contribution in [0.1, 0.15) is 22.8 Å². The number of carbonyl (C=O) groups is 3. The minimum Gasteiger partial charge on any atom is -0.497 e. The number of ether oxygens (including phenoxy) is 2. The van der Waals surface area contributed by atoms with Crippen molar-refractivity contribution in [3.05, 3.63) is 59.7 Å². The zero-order valence-electron chi connectivity index (χ0n) is 14.7. The first-order valence-corrected chi connectivity index (χ1v) is 8.13. The van der Waals surface area contributed by atoms with Gasteiger partial charge in [-0.3, -0.25) is 14.4 Å². The number of nitrogens with one attached hydrogen (secondary N) is 1. The summed E-state index contributed by atoms with van der Waals surface area (Å²) < 4.78 is 10.5. The van der Waals surface area contributed by atoms with Gasteiger partial charge in [0.2, 0.25) is 0 Å². The fraction of sp³-hybridized carbons (Fsp3) is 0.250. The average Bonchev–Trinajstić information content (AvgIpc) is 2.66. The van der Waals surface area contributed by atoms with Gasteiger partial charge in [0, 0.05) is 0 Å². The normalized spacial score (nSPS) is 11.3. The number of hydrogen-bond acceptors (Lipinski definition) is 5. The number of rotatable bonds is 9. The molecular weight excluding hydrogens is 334 g/mol. The van der Waals surface area contributed by atoms with Crippen LogP contribution in [0.5, 0.6) is 11.5 Å². The maximum absolute atomic E-state index is 12.1. The molecule has 0 radical (unpaired) electrons. The number of amides is 1. The molecule has 0 bridgehead atoms. The third-order valence-corrected chi connectivity index (χ3v) is 3.81. The van der Waals surface area contributed by atoms with E-state index in [1.165, 1.54) is 20.1 Å². The summed E-state index contributed by atoms with van der Waals surface area (Å²) in [5, 5.41) is 2.67. The minimum absolute atomic E-state index is 0.139. The van der Waals surface area contributed by atoms with Crippen molar-refractivity contribution in [2.45, 2.75) is 19.4 Å². The smallest absolute Gasteiger partial charge is 0.258 e. The molecule has 2 rings (SSSR count). The molecule has 0 unspecified atom stereocenters. The summed E-state index contributed by atoms with van der Waals surface area (Å²) in [6.07, 6.45) is 1.04. The van der Waals surface area contributed by atoms with E-state index < -0.39 is 11.9 Å². The van der Waals surface area contributed by atoms with E-state index in [2.05, 4.69) is 5.32 Å². The van der Waals surface area contributed by atoms with Crippen molar-refractivity contribution in [1.29, 1.82) is 0 Å². The molecule has 0 spiro atoms. The Bertz CT molecular complexity index is 773. The van der Waals surface area contributed by atoms with Crippen LogP contribution >= 0.6 is 0 Å². The second-order valence-corrected chi connectivity index (χ2v) is 5.73. The largest absolute Gasteiger partial charge is 0.497 e. The van der Waals surface area contributed by atoms with Crippen LogP contribution in [0, 0.1) is 0 Å². The summed E-state index contributed by atoms with van der Waals surface area (Å²) in [5.74, 6) is 0.218. The second-order valence-electron chi connectivity index (χ2n) is 5.73. The Morgan fingerprint density at radius 1 is 1.15 bits per heavy atom. The van der Waals surface area contributed by atoms with Crippen molar-refractivity contribution in [1.82, 2.24) is 5.32 Å². The predicted molar refractivity (Wildman–Crippen MR) is 96.6 cm³/mol. The SMILES string of the molecule is COc1ccc(OCC(=O)N[C@@H](Cc2ccccc2)C(C)=O)c(C=O)c1. The van der Waals surface area contributed by atoms with Gasteiger partial charge in [-0.1, -0.05) is 30.3 Å². The van der Waals surface area contributed by atoms with Gasteiger partial charge in [-0.25, -0.2) is 0 Å². The highest BCUT2D eigenvalue weighted by atomic mass is 16.5. The van der Waals surface area contributed by atoms with Crippen LogP contribution in [0.4, 0.5) is 0 Å². The molecule has 1 atom stereocenters. The van der Waals surface area contributed by atoms with E-state index >= 15 is 0 Å². The zero-order valence-corrected chi connectivity index (χ0v) is 14.7. The van der Waals surface area contributed by atoms with E-state index in [-0.39, 0.29) is 23.7 Å². The first-order chi connectivity index (χ1) is 12.5. The van der Waals surface area contributed by atoms with E-state index in [0.717, 1.165) is 5.56 Å². The summed E-state index contributed by atoms with van der Waals surface area (Å²) in [6.45, 7) is 1.13. The Morgan fingerprint density at radius 3 is 2.50 bits per heavy atom. The number of benzene rings is 2. The van der Waals surface area contributed by atoms with E-state index in [9.17, 15) is 14.4 Å². The van der Waals surface area contributed by atoms with Crippen molar-refractivity contribution < 1.29 is 23.9 Å². The van der Waals surface area contributed by atoms with Gasteiger partial charge in [-0.15, -0.1) is 0 Å². The predicted octanol–water partition coefficient (Wildman–Crippen LogP) is 2.20. The molecule has 0 aliphatic rings. The molecule has 0 aliphatic heterocycles. The molecule has 26 heavy (non-hydrogen) atoms. The molecule has 0 saturated carbocycles. The quantitative estimate of drug-likeness (QED) is 0.698. The number of carbonyl (C=O) groups excluding carboxylic acids is 3. The van der Waals surface area contributed by atoms with Gasteiger partial charge >= 0.3 is 0 Å². The summed E-state index contributed by atoms with van der Waals surface area (Å²) in [5.41, 5.74) is 1.23. The summed E-state index contributed by atoms with van der Waals surface area (Å²) >= 11 is 0. The molecule has 2 aromatic carbocycles. The van der Waals surface area contributed by atoms with Crippen molar-refractivity contribution in [2.24, 2.45) is 0 Å². The Kier molecular flexibility index (Phi) is 6.91. The number of Topliss-reactive ketones (excluding diaryl/α,β-unsaturated/α-hetero) is 1.